The van der Waals surface area contributed by atoms with Crippen molar-refractivity contribution in [2.24, 2.45) is 0 Å². The van der Waals surface area contributed by atoms with E-state index in [9.17, 15) is 9.59 Å². The van der Waals surface area contributed by atoms with Crippen LogP contribution in [0.1, 0.15) is 24.8 Å². The Morgan fingerprint density at radius 3 is 2.60 bits per heavy atom. The molecule has 3 rings (SSSR count). The van der Waals surface area contributed by atoms with Crippen LogP contribution in [0.4, 0.5) is 0 Å². The highest BCUT2D eigenvalue weighted by atomic mass is 16.2. The molecule has 1 amide bonds. The Labute approximate surface area is 146 Å². The molecule has 6 nitrogen and oxygen atoms in total. The molecule has 0 aliphatic rings. The zero-order valence-electron chi connectivity index (χ0n) is 14.5. The molecule has 1 aromatic carbocycles. The first-order valence-electron chi connectivity index (χ1n) is 8.39. The number of rotatable bonds is 6. The summed E-state index contributed by atoms with van der Waals surface area (Å²) in [7, 11) is 1.80. The number of aromatic nitrogens is 3. The monoisotopic (exact) mass is 338 g/mol. The zero-order chi connectivity index (χ0) is 17.8. The minimum Gasteiger partial charge on any atom is -0.345 e. The molecule has 0 saturated carbocycles. The number of nitrogens with zero attached hydrogens (tertiary/aromatic N) is 4. The van der Waals surface area contributed by atoms with E-state index in [0.29, 0.717) is 12.2 Å². The van der Waals surface area contributed by atoms with E-state index in [1.54, 1.807) is 30.3 Å². The maximum Gasteiger partial charge on any atom is 0.350 e. The smallest absolute Gasteiger partial charge is 0.345 e. The van der Waals surface area contributed by atoms with Crippen LogP contribution in [0.5, 0.6) is 0 Å². The number of carbonyl (C=O) groups excluding carboxylic acids is 1. The maximum atomic E-state index is 12.4. The van der Waals surface area contributed by atoms with E-state index in [4.69, 9.17) is 0 Å². The summed E-state index contributed by atoms with van der Waals surface area (Å²) in [6, 6.07) is 15.5. The van der Waals surface area contributed by atoms with Gasteiger partial charge in [-0.3, -0.25) is 9.20 Å². The molecule has 0 radical (unpaired) electrons. The van der Waals surface area contributed by atoms with Crippen LogP contribution in [0, 0.1) is 0 Å². The second-order valence-corrected chi connectivity index (χ2v) is 6.27. The summed E-state index contributed by atoms with van der Waals surface area (Å²) in [5.74, 6) is 0.264. The normalized spacial score (nSPS) is 12.2. The van der Waals surface area contributed by atoms with Crippen molar-refractivity contribution in [2.45, 2.75) is 25.8 Å². The molecule has 25 heavy (non-hydrogen) atoms. The third kappa shape index (κ3) is 3.79. The summed E-state index contributed by atoms with van der Waals surface area (Å²) >= 11 is 0. The molecule has 6 heteroatoms. The topological polar surface area (TPSA) is 59.6 Å². The van der Waals surface area contributed by atoms with Crippen LogP contribution in [0.25, 0.3) is 5.65 Å². The second-order valence-electron chi connectivity index (χ2n) is 6.27. The lowest BCUT2D eigenvalue weighted by Gasteiger charge is -2.22. The van der Waals surface area contributed by atoms with Crippen LogP contribution in [-0.2, 0) is 11.3 Å². The molecule has 0 N–H and O–H groups in total. The standard InChI is InChI=1S/C19H22N4O2/c1-15(16-8-4-3-5-9-16)14-21(2)18(24)11-13-23-19(25)22-12-7-6-10-17(22)20-23/h3-10,12,15H,11,13-14H2,1-2H3. The van der Waals surface area contributed by atoms with Crippen molar-refractivity contribution in [1.82, 2.24) is 19.1 Å². The molecule has 2 aromatic heterocycles. The molecule has 2 heterocycles. The number of likely N-dealkylation sites (N-methyl/N-ethyl adjacent to an activating group) is 1. The summed E-state index contributed by atoms with van der Waals surface area (Å²) in [4.78, 5) is 26.3. The van der Waals surface area contributed by atoms with E-state index >= 15 is 0 Å². The predicted molar refractivity (Wildman–Crippen MR) is 96.6 cm³/mol. The number of hydrogen-bond acceptors (Lipinski definition) is 3. The highest BCUT2D eigenvalue weighted by molar-refractivity contribution is 5.75. The molecule has 0 aliphatic heterocycles. The Morgan fingerprint density at radius 1 is 1.16 bits per heavy atom. The van der Waals surface area contributed by atoms with Crippen molar-refractivity contribution in [3.8, 4) is 0 Å². The number of amides is 1. The first kappa shape index (κ1) is 17.0. The fourth-order valence-corrected chi connectivity index (χ4v) is 2.91. The summed E-state index contributed by atoms with van der Waals surface area (Å²) < 4.78 is 2.83. The molecule has 1 atom stereocenters. The highest BCUT2D eigenvalue weighted by Crippen LogP contribution is 2.15. The number of pyridine rings is 1. The van der Waals surface area contributed by atoms with Gasteiger partial charge in [-0.2, -0.15) is 0 Å². The summed E-state index contributed by atoms with van der Waals surface area (Å²) in [6.45, 7) is 3.03. The van der Waals surface area contributed by atoms with Gasteiger partial charge in [0.25, 0.3) is 0 Å². The van der Waals surface area contributed by atoms with E-state index < -0.39 is 0 Å². The summed E-state index contributed by atoms with van der Waals surface area (Å²) in [5.41, 5.74) is 1.58. The van der Waals surface area contributed by atoms with Crippen molar-refractivity contribution in [1.29, 1.82) is 0 Å². The second kappa shape index (κ2) is 7.34. The van der Waals surface area contributed by atoms with Crippen molar-refractivity contribution < 1.29 is 4.79 Å². The quantitative estimate of drug-likeness (QED) is 0.692. The molecular weight excluding hydrogens is 316 g/mol. The number of fused-ring (bicyclic) bond motifs is 1. The Hall–Kier alpha value is -2.89. The Balaban J connectivity index is 1.60. The Bertz CT molecular complexity index is 914. The molecule has 0 fully saturated rings. The lowest BCUT2D eigenvalue weighted by Crippen LogP contribution is -2.32. The number of carbonyl (C=O) groups is 1. The van der Waals surface area contributed by atoms with E-state index in [1.807, 2.05) is 24.3 Å². The minimum absolute atomic E-state index is 0.00624. The number of benzene rings is 1. The van der Waals surface area contributed by atoms with Crippen molar-refractivity contribution in [3.63, 3.8) is 0 Å². The maximum absolute atomic E-state index is 12.4. The van der Waals surface area contributed by atoms with Gasteiger partial charge in [0.05, 0.1) is 6.54 Å². The average Bonchev–Trinajstić information content (AvgIpc) is 2.96. The molecule has 130 valence electrons. The SMILES string of the molecule is CC(CN(C)C(=O)CCn1nc2ccccn2c1=O)c1ccccc1. The fourth-order valence-electron chi connectivity index (χ4n) is 2.91. The van der Waals surface area contributed by atoms with Gasteiger partial charge in [0.1, 0.15) is 0 Å². The van der Waals surface area contributed by atoms with Crippen LogP contribution in [0.2, 0.25) is 0 Å². The third-order valence-corrected chi connectivity index (χ3v) is 4.37. The number of hydrogen-bond donors (Lipinski definition) is 0. The molecule has 0 bridgehead atoms. The first-order chi connectivity index (χ1) is 12.1. The lowest BCUT2D eigenvalue weighted by atomic mass is 10.0. The van der Waals surface area contributed by atoms with Crippen LogP contribution < -0.4 is 5.69 Å². The van der Waals surface area contributed by atoms with Gasteiger partial charge in [0.15, 0.2) is 5.65 Å². The van der Waals surface area contributed by atoms with Gasteiger partial charge in [-0.15, -0.1) is 5.10 Å². The molecule has 0 aliphatic carbocycles. The van der Waals surface area contributed by atoms with Crippen molar-refractivity contribution in [3.05, 3.63) is 70.8 Å². The molecule has 3 aromatic rings. The van der Waals surface area contributed by atoms with Crippen LogP contribution >= 0.6 is 0 Å². The van der Waals surface area contributed by atoms with Crippen LogP contribution in [0.3, 0.4) is 0 Å². The van der Waals surface area contributed by atoms with Crippen LogP contribution in [0.15, 0.2) is 59.5 Å². The summed E-state index contributed by atoms with van der Waals surface area (Å²) in [6.07, 6.45) is 1.93. The van der Waals surface area contributed by atoms with Gasteiger partial charge in [-0.05, 0) is 23.6 Å². The van der Waals surface area contributed by atoms with Crippen LogP contribution in [-0.4, -0.2) is 38.6 Å². The zero-order valence-corrected chi connectivity index (χ0v) is 14.5. The van der Waals surface area contributed by atoms with Gasteiger partial charge in [-0.25, -0.2) is 9.48 Å². The van der Waals surface area contributed by atoms with Gasteiger partial charge in [0.2, 0.25) is 5.91 Å². The van der Waals surface area contributed by atoms with Gasteiger partial charge in [-0.1, -0.05) is 43.3 Å². The first-order valence-corrected chi connectivity index (χ1v) is 8.39. The largest absolute Gasteiger partial charge is 0.350 e. The average molecular weight is 338 g/mol. The summed E-state index contributed by atoms with van der Waals surface area (Å²) in [5, 5.41) is 4.25. The third-order valence-electron chi connectivity index (χ3n) is 4.37. The number of aryl methyl sites for hydroxylation is 1. The predicted octanol–water partition coefficient (Wildman–Crippen LogP) is 2.15. The van der Waals surface area contributed by atoms with Crippen molar-refractivity contribution >= 4 is 11.6 Å². The van der Waals surface area contributed by atoms with Crippen molar-refractivity contribution in [2.75, 3.05) is 13.6 Å². The van der Waals surface area contributed by atoms with E-state index in [0.717, 1.165) is 0 Å². The van der Waals surface area contributed by atoms with Gasteiger partial charge < -0.3 is 4.90 Å². The molecule has 0 spiro atoms. The lowest BCUT2D eigenvalue weighted by molar-refractivity contribution is -0.130. The van der Waals surface area contributed by atoms with E-state index in [-0.39, 0.29) is 30.5 Å². The fraction of sp³-hybridized carbons (Fsp3) is 0.316. The Morgan fingerprint density at radius 2 is 1.88 bits per heavy atom. The highest BCUT2D eigenvalue weighted by Gasteiger charge is 2.15. The van der Waals surface area contributed by atoms with Gasteiger partial charge in [0, 0.05) is 26.2 Å². The molecule has 1 unspecified atom stereocenters. The molecular formula is C19H22N4O2. The van der Waals surface area contributed by atoms with E-state index in [2.05, 4.69) is 24.2 Å². The van der Waals surface area contributed by atoms with E-state index in [1.165, 1.54) is 14.6 Å². The molecule has 0 saturated heterocycles. The van der Waals surface area contributed by atoms with Gasteiger partial charge >= 0.3 is 5.69 Å². The Kier molecular flexibility index (Phi) is 4.97. The minimum atomic E-state index is -0.219.